The summed E-state index contributed by atoms with van der Waals surface area (Å²) in [5.41, 5.74) is 2.80. The molecule has 0 saturated heterocycles. The van der Waals surface area contributed by atoms with Gasteiger partial charge in [0, 0.05) is 22.0 Å². The summed E-state index contributed by atoms with van der Waals surface area (Å²) in [6, 6.07) is 13.8. The molecule has 0 aliphatic heterocycles. The van der Waals surface area contributed by atoms with E-state index in [2.05, 4.69) is 36.5 Å². The number of hydrogen-bond acceptors (Lipinski definition) is 4. The quantitative estimate of drug-likeness (QED) is 0.662. The Morgan fingerprint density at radius 1 is 1.00 bits per heavy atom. The second-order valence-electron chi connectivity index (χ2n) is 4.98. The Hall–Kier alpha value is -2.47. The van der Waals surface area contributed by atoms with Crippen molar-refractivity contribution in [2.45, 2.75) is 6.92 Å². The minimum Gasteiger partial charge on any atom is -0.340 e. The Morgan fingerprint density at radius 2 is 1.78 bits per heavy atom. The van der Waals surface area contributed by atoms with Gasteiger partial charge in [-0.2, -0.15) is 4.98 Å². The van der Waals surface area contributed by atoms with Crippen LogP contribution >= 0.6 is 15.9 Å². The van der Waals surface area contributed by atoms with E-state index in [0.29, 0.717) is 11.8 Å². The van der Waals surface area contributed by atoms with Crippen LogP contribution in [0.1, 0.15) is 5.56 Å². The molecule has 4 nitrogen and oxygen atoms in total. The first-order valence-corrected chi connectivity index (χ1v) is 7.78. The summed E-state index contributed by atoms with van der Waals surface area (Å²) < 4.78 is 14.0. The molecule has 6 heteroatoms. The maximum absolute atomic E-state index is 12.9. The number of rotatable bonds is 4. The van der Waals surface area contributed by atoms with E-state index in [4.69, 9.17) is 0 Å². The van der Waals surface area contributed by atoms with Crippen LogP contribution in [0.5, 0.6) is 0 Å². The van der Waals surface area contributed by atoms with E-state index in [1.165, 1.54) is 12.1 Å². The van der Waals surface area contributed by atoms with E-state index in [1.54, 1.807) is 24.4 Å². The molecule has 0 aliphatic carbocycles. The van der Waals surface area contributed by atoms with Crippen molar-refractivity contribution < 1.29 is 4.39 Å². The average Bonchev–Trinajstić information content (AvgIpc) is 2.53. The molecule has 2 aromatic carbocycles. The number of anilines is 4. The molecule has 3 aromatic rings. The van der Waals surface area contributed by atoms with Crippen LogP contribution in [0.2, 0.25) is 0 Å². The van der Waals surface area contributed by atoms with Gasteiger partial charge in [0.15, 0.2) is 0 Å². The van der Waals surface area contributed by atoms with Crippen molar-refractivity contribution in [2.75, 3.05) is 10.6 Å². The molecule has 116 valence electrons. The first-order valence-electron chi connectivity index (χ1n) is 6.99. The first kappa shape index (κ1) is 15.4. The molecule has 0 unspecified atom stereocenters. The lowest BCUT2D eigenvalue weighted by atomic mass is 10.2. The molecule has 0 aliphatic rings. The maximum Gasteiger partial charge on any atom is 0.229 e. The van der Waals surface area contributed by atoms with Gasteiger partial charge < -0.3 is 10.6 Å². The molecule has 0 radical (unpaired) electrons. The van der Waals surface area contributed by atoms with Crippen molar-refractivity contribution >= 4 is 39.1 Å². The lowest BCUT2D eigenvalue weighted by Gasteiger charge is -2.10. The summed E-state index contributed by atoms with van der Waals surface area (Å²) in [5.74, 6) is 0.837. The summed E-state index contributed by atoms with van der Waals surface area (Å²) in [6.07, 6.45) is 1.66. The van der Waals surface area contributed by atoms with Gasteiger partial charge in [0.05, 0.1) is 0 Å². The van der Waals surface area contributed by atoms with Crippen molar-refractivity contribution in [3.8, 4) is 0 Å². The van der Waals surface area contributed by atoms with Crippen LogP contribution in [0.3, 0.4) is 0 Å². The summed E-state index contributed by atoms with van der Waals surface area (Å²) in [6.45, 7) is 2.02. The molecule has 2 N–H and O–H groups in total. The number of aromatic nitrogens is 2. The molecule has 0 atom stereocenters. The zero-order chi connectivity index (χ0) is 16.2. The van der Waals surface area contributed by atoms with Crippen LogP contribution in [0, 0.1) is 12.7 Å². The summed E-state index contributed by atoms with van der Waals surface area (Å²) in [5, 5.41) is 6.31. The normalized spacial score (nSPS) is 10.4. The van der Waals surface area contributed by atoms with Gasteiger partial charge in [0.1, 0.15) is 11.6 Å². The molecular formula is C17H14BrFN4. The Bertz CT molecular complexity index is 821. The molecular weight excluding hydrogens is 359 g/mol. The molecule has 0 saturated carbocycles. The maximum atomic E-state index is 12.9. The lowest BCUT2D eigenvalue weighted by Crippen LogP contribution is -2.01. The van der Waals surface area contributed by atoms with E-state index < -0.39 is 0 Å². The van der Waals surface area contributed by atoms with E-state index in [9.17, 15) is 4.39 Å². The van der Waals surface area contributed by atoms with Gasteiger partial charge in [0.2, 0.25) is 5.95 Å². The van der Waals surface area contributed by atoms with Crippen LogP contribution in [0.15, 0.2) is 59.2 Å². The second kappa shape index (κ2) is 6.75. The minimum absolute atomic E-state index is 0.280. The minimum atomic E-state index is -0.280. The summed E-state index contributed by atoms with van der Waals surface area (Å²) in [4.78, 5) is 8.58. The number of aryl methyl sites for hydroxylation is 1. The fraction of sp³-hybridized carbons (Fsp3) is 0.0588. The third kappa shape index (κ3) is 4.04. The summed E-state index contributed by atoms with van der Waals surface area (Å²) >= 11 is 3.45. The highest BCUT2D eigenvalue weighted by Gasteiger charge is 2.03. The highest BCUT2D eigenvalue weighted by molar-refractivity contribution is 9.10. The van der Waals surface area contributed by atoms with Crippen LogP contribution in [-0.2, 0) is 0 Å². The Labute approximate surface area is 141 Å². The van der Waals surface area contributed by atoms with Gasteiger partial charge in [-0.15, -0.1) is 0 Å². The van der Waals surface area contributed by atoms with E-state index in [-0.39, 0.29) is 5.82 Å². The van der Waals surface area contributed by atoms with Gasteiger partial charge >= 0.3 is 0 Å². The lowest BCUT2D eigenvalue weighted by molar-refractivity contribution is 0.628. The van der Waals surface area contributed by atoms with Gasteiger partial charge in [-0.05, 0) is 61.0 Å². The molecule has 1 heterocycles. The van der Waals surface area contributed by atoms with Crippen LogP contribution in [-0.4, -0.2) is 9.97 Å². The largest absolute Gasteiger partial charge is 0.340 e. The number of halogens is 2. The summed E-state index contributed by atoms with van der Waals surface area (Å²) in [7, 11) is 0. The molecule has 1 aromatic heterocycles. The average molecular weight is 373 g/mol. The molecule has 0 fully saturated rings. The smallest absolute Gasteiger partial charge is 0.229 e. The van der Waals surface area contributed by atoms with Gasteiger partial charge in [-0.25, -0.2) is 9.37 Å². The highest BCUT2D eigenvalue weighted by Crippen LogP contribution is 2.23. The Morgan fingerprint density at radius 3 is 2.52 bits per heavy atom. The monoisotopic (exact) mass is 372 g/mol. The SMILES string of the molecule is Cc1cc(Br)ccc1Nc1ccnc(Nc2ccc(F)cc2)n1. The van der Waals surface area contributed by atoms with E-state index in [0.717, 1.165) is 21.4 Å². The zero-order valence-electron chi connectivity index (χ0n) is 12.3. The van der Waals surface area contributed by atoms with Crippen LogP contribution in [0.25, 0.3) is 0 Å². The predicted molar refractivity (Wildman–Crippen MR) is 93.9 cm³/mol. The zero-order valence-corrected chi connectivity index (χ0v) is 13.9. The topological polar surface area (TPSA) is 49.8 Å². The van der Waals surface area contributed by atoms with Crippen molar-refractivity contribution in [1.82, 2.24) is 9.97 Å². The number of hydrogen-bond donors (Lipinski definition) is 2. The van der Waals surface area contributed by atoms with Crippen molar-refractivity contribution in [3.63, 3.8) is 0 Å². The van der Waals surface area contributed by atoms with Gasteiger partial charge in [-0.3, -0.25) is 0 Å². The Kier molecular flexibility index (Phi) is 4.52. The van der Waals surface area contributed by atoms with Gasteiger partial charge in [-0.1, -0.05) is 15.9 Å². The molecule has 23 heavy (non-hydrogen) atoms. The first-order chi connectivity index (χ1) is 11.1. The molecule has 3 rings (SSSR count). The van der Waals surface area contributed by atoms with Crippen LogP contribution in [0.4, 0.5) is 27.5 Å². The molecule has 0 spiro atoms. The van der Waals surface area contributed by atoms with Crippen LogP contribution < -0.4 is 10.6 Å². The van der Waals surface area contributed by atoms with Crippen molar-refractivity contribution in [3.05, 3.63) is 70.6 Å². The Balaban J connectivity index is 1.78. The van der Waals surface area contributed by atoms with E-state index in [1.807, 2.05) is 25.1 Å². The van der Waals surface area contributed by atoms with Crippen molar-refractivity contribution in [2.24, 2.45) is 0 Å². The predicted octanol–water partition coefficient (Wildman–Crippen LogP) is 5.17. The molecule has 0 amide bonds. The fourth-order valence-electron chi connectivity index (χ4n) is 2.06. The van der Waals surface area contributed by atoms with Crippen molar-refractivity contribution in [1.29, 1.82) is 0 Å². The number of nitrogens with one attached hydrogen (secondary N) is 2. The third-order valence-electron chi connectivity index (χ3n) is 3.21. The highest BCUT2D eigenvalue weighted by atomic mass is 79.9. The van der Waals surface area contributed by atoms with Gasteiger partial charge in [0.25, 0.3) is 0 Å². The number of nitrogens with zero attached hydrogens (tertiary/aromatic N) is 2. The number of benzene rings is 2. The standard InChI is InChI=1S/C17H14BrFN4/c1-11-10-12(18)2-7-15(11)22-16-8-9-20-17(23-16)21-14-5-3-13(19)4-6-14/h2-10H,1H3,(H2,20,21,22,23). The fourth-order valence-corrected chi connectivity index (χ4v) is 2.53. The third-order valence-corrected chi connectivity index (χ3v) is 3.70. The second-order valence-corrected chi connectivity index (χ2v) is 5.90. The molecule has 0 bridgehead atoms. The van der Waals surface area contributed by atoms with E-state index >= 15 is 0 Å².